The van der Waals surface area contributed by atoms with Gasteiger partial charge in [0.25, 0.3) is 11.2 Å². The number of hydrogen-bond donors (Lipinski definition) is 0. The maximum atomic E-state index is 13.8. The summed E-state index contributed by atoms with van der Waals surface area (Å²) in [6.45, 7) is 4.54. The van der Waals surface area contributed by atoms with Gasteiger partial charge in [0.1, 0.15) is 11.5 Å². The molecule has 0 spiro atoms. The minimum absolute atomic E-state index is 0.123. The Kier molecular flexibility index (Phi) is 8.41. The van der Waals surface area contributed by atoms with Crippen molar-refractivity contribution in [3.8, 4) is 22.8 Å². The molecule has 0 amide bonds. The lowest BCUT2D eigenvalue weighted by Crippen LogP contribution is -2.39. The number of nitrogens with zero attached hydrogens (tertiary/aromatic N) is 3. The van der Waals surface area contributed by atoms with Crippen LogP contribution in [-0.4, -0.2) is 35.8 Å². The fraction of sp³-hybridized carbons (Fsp3) is 0.207. The molecule has 3 heterocycles. The molecule has 1 aliphatic rings. The lowest BCUT2D eigenvalue weighted by Gasteiger charge is -2.23. The first kappa shape index (κ1) is 29.0. The number of nitro groups is 1. The van der Waals surface area contributed by atoms with Crippen LogP contribution < -0.4 is 24.4 Å². The average molecular weight is 654 g/mol. The van der Waals surface area contributed by atoms with Crippen molar-refractivity contribution in [1.29, 1.82) is 0 Å². The molecule has 0 saturated carbocycles. The quantitative estimate of drug-likeness (QED) is 0.143. The maximum Gasteiger partial charge on any atom is 0.337 e. The minimum Gasteiger partial charge on any atom is -0.490 e. The Bertz CT molecular complexity index is 1910. The highest BCUT2D eigenvalue weighted by Gasteiger charge is 2.31. The number of benzene rings is 2. The summed E-state index contributed by atoms with van der Waals surface area (Å²) in [5.74, 6) is 0.980. The molecular formula is C29H24BrN3O8S. The van der Waals surface area contributed by atoms with Crippen LogP contribution in [-0.2, 0) is 9.53 Å². The van der Waals surface area contributed by atoms with Crippen LogP contribution in [0.4, 0.5) is 5.69 Å². The molecule has 216 valence electrons. The highest BCUT2D eigenvalue weighted by molar-refractivity contribution is 9.10. The van der Waals surface area contributed by atoms with Crippen LogP contribution in [0.15, 0.2) is 79.0 Å². The van der Waals surface area contributed by atoms with E-state index in [4.69, 9.17) is 18.6 Å². The molecule has 0 unspecified atom stereocenters. The van der Waals surface area contributed by atoms with Gasteiger partial charge in [-0.15, -0.1) is 0 Å². The summed E-state index contributed by atoms with van der Waals surface area (Å²) in [4.78, 5) is 42.4. The number of ether oxygens (including phenoxy) is 3. The van der Waals surface area contributed by atoms with Crippen molar-refractivity contribution < 1.29 is 28.3 Å². The van der Waals surface area contributed by atoms with Gasteiger partial charge < -0.3 is 18.6 Å². The number of hydrogen-bond acceptors (Lipinski definition) is 10. The third-order valence-electron chi connectivity index (χ3n) is 6.33. The van der Waals surface area contributed by atoms with E-state index in [1.807, 2.05) is 13.8 Å². The smallest absolute Gasteiger partial charge is 0.337 e. The Hall–Kier alpha value is -4.49. The van der Waals surface area contributed by atoms with Crippen molar-refractivity contribution in [3.63, 3.8) is 0 Å². The molecule has 5 rings (SSSR count). The first-order chi connectivity index (χ1) is 20.2. The van der Waals surface area contributed by atoms with E-state index in [2.05, 4.69) is 20.9 Å². The van der Waals surface area contributed by atoms with Gasteiger partial charge in [0.2, 0.25) is 0 Å². The number of carbonyl (C=O) groups excluding carboxylic acids is 1. The summed E-state index contributed by atoms with van der Waals surface area (Å²) in [6.07, 6.45) is 2.95. The van der Waals surface area contributed by atoms with Gasteiger partial charge >= 0.3 is 5.97 Å². The van der Waals surface area contributed by atoms with Crippen molar-refractivity contribution in [3.05, 3.63) is 106 Å². The average Bonchev–Trinajstić information content (AvgIpc) is 3.57. The summed E-state index contributed by atoms with van der Waals surface area (Å²) in [5, 5.41) is 11.6. The number of aromatic nitrogens is 1. The van der Waals surface area contributed by atoms with E-state index in [0.717, 1.165) is 11.3 Å². The summed E-state index contributed by atoms with van der Waals surface area (Å²) in [6, 6.07) is 12.3. The minimum atomic E-state index is -0.844. The molecule has 0 aliphatic carbocycles. The van der Waals surface area contributed by atoms with E-state index < -0.39 is 22.5 Å². The highest BCUT2D eigenvalue weighted by Crippen LogP contribution is 2.36. The second-order valence-corrected chi connectivity index (χ2v) is 10.8. The molecule has 2 aromatic heterocycles. The van der Waals surface area contributed by atoms with E-state index in [-0.39, 0.29) is 17.0 Å². The van der Waals surface area contributed by atoms with Crippen molar-refractivity contribution in [2.45, 2.75) is 19.9 Å². The number of fused-ring (bicyclic) bond motifs is 1. The van der Waals surface area contributed by atoms with Gasteiger partial charge in [0, 0.05) is 22.8 Å². The molecular weight excluding hydrogens is 630 g/mol. The van der Waals surface area contributed by atoms with Crippen molar-refractivity contribution >= 4 is 45.0 Å². The second kappa shape index (κ2) is 12.2. The molecule has 42 heavy (non-hydrogen) atoms. The summed E-state index contributed by atoms with van der Waals surface area (Å²) >= 11 is 4.37. The van der Waals surface area contributed by atoms with Crippen LogP contribution in [0.2, 0.25) is 0 Å². The monoisotopic (exact) mass is 653 g/mol. The fourth-order valence-electron chi connectivity index (χ4n) is 4.56. The number of methoxy groups -OCH3 is 1. The third-order valence-corrected chi connectivity index (χ3v) is 7.82. The Balaban J connectivity index is 1.61. The maximum absolute atomic E-state index is 13.8. The molecule has 0 saturated heterocycles. The van der Waals surface area contributed by atoms with Crippen molar-refractivity contribution in [2.24, 2.45) is 4.99 Å². The molecule has 0 N–H and O–H groups in total. The van der Waals surface area contributed by atoms with Gasteiger partial charge in [0.05, 0.1) is 47.0 Å². The number of halogens is 1. The predicted molar refractivity (Wildman–Crippen MR) is 158 cm³/mol. The molecule has 0 radical (unpaired) electrons. The van der Waals surface area contributed by atoms with Crippen LogP contribution >= 0.6 is 27.3 Å². The number of nitro benzene ring substituents is 1. The van der Waals surface area contributed by atoms with Gasteiger partial charge in [-0.1, -0.05) is 33.3 Å². The first-order valence-corrected chi connectivity index (χ1v) is 14.4. The highest BCUT2D eigenvalue weighted by atomic mass is 79.9. The zero-order chi connectivity index (χ0) is 30.0. The van der Waals surface area contributed by atoms with Crippen molar-refractivity contribution in [2.75, 3.05) is 20.3 Å². The van der Waals surface area contributed by atoms with Crippen LogP contribution in [0.25, 0.3) is 17.4 Å². The fourth-order valence-corrected chi connectivity index (χ4v) is 5.85. The van der Waals surface area contributed by atoms with Gasteiger partial charge in [-0.25, -0.2) is 9.79 Å². The lowest BCUT2D eigenvalue weighted by atomic mass is 9.97. The number of thiazole rings is 1. The van der Waals surface area contributed by atoms with Gasteiger partial charge in [-0.05, 0) is 55.8 Å². The Morgan fingerprint density at radius 2 is 1.90 bits per heavy atom. The predicted octanol–water partition coefficient (Wildman–Crippen LogP) is 4.75. The third kappa shape index (κ3) is 5.52. The number of furan rings is 1. The number of rotatable bonds is 9. The standard InChI is InChI=1S/C29H24BrN3O8S/c1-4-39-23-10-6-16(12-24(23)40-5-2)26-20(28(35)38-3)15-31-29-32(26)27(34)25(42-29)14-18-8-11-22(41-18)19-9-7-17(30)13-21(19)33(36)37/h6-15,26H,4-5H2,1-3H3/b25-14+/t26-/m0/s1. The van der Waals surface area contributed by atoms with E-state index >= 15 is 0 Å². The molecule has 2 aromatic carbocycles. The summed E-state index contributed by atoms with van der Waals surface area (Å²) in [5.41, 5.74) is 0.543. The van der Waals surface area contributed by atoms with Gasteiger partial charge in [-0.3, -0.25) is 19.5 Å². The van der Waals surface area contributed by atoms with E-state index in [1.54, 1.807) is 48.5 Å². The molecule has 13 heteroatoms. The topological polar surface area (TPSA) is 135 Å². The first-order valence-electron chi connectivity index (χ1n) is 12.8. The Morgan fingerprint density at radius 1 is 1.14 bits per heavy atom. The van der Waals surface area contributed by atoms with E-state index in [9.17, 15) is 19.7 Å². The molecule has 4 aromatic rings. The molecule has 11 nitrogen and oxygen atoms in total. The lowest BCUT2D eigenvalue weighted by molar-refractivity contribution is -0.384. The Morgan fingerprint density at radius 3 is 2.62 bits per heavy atom. The zero-order valence-corrected chi connectivity index (χ0v) is 25.1. The molecule has 1 aliphatic heterocycles. The Labute approximate surface area is 251 Å². The normalized spacial score (nSPS) is 14.5. The molecule has 1 atom stereocenters. The van der Waals surface area contributed by atoms with Crippen LogP contribution in [0, 0.1) is 10.1 Å². The van der Waals surface area contributed by atoms with Gasteiger partial charge in [-0.2, -0.15) is 0 Å². The molecule has 0 bridgehead atoms. The number of carbonyl (C=O) groups is 1. The number of esters is 1. The molecule has 0 fully saturated rings. The largest absolute Gasteiger partial charge is 0.490 e. The summed E-state index contributed by atoms with van der Waals surface area (Å²) < 4.78 is 24.6. The van der Waals surface area contributed by atoms with Crippen LogP contribution in [0.3, 0.4) is 0 Å². The van der Waals surface area contributed by atoms with Gasteiger partial charge in [0.15, 0.2) is 16.3 Å². The van der Waals surface area contributed by atoms with E-state index in [0.29, 0.717) is 55.4 Å². The van der Waals surface area contributed by atoms with Crippen LogP contribution in [0.1, 0.15) is 31.2 Å². The SMILES string of the molecule is CCOc1ccc([C@H]2C(C(=O)OC)=CN=c3s/c(=C/c4ccc(-c5ccc(Br)cc5[N+](=O)[O-])o4)c(=O)n32)cc1OCC. The van der Waals surface area contributed by atoms with E-state index in [1.165, 1.54) is 23.9 Å². The zero-order valence-electron chi connectivity index (χ0n) is 22.7. The van der Waals surface area contributed by atoms with Crippen molar-refractivity contribution in [1.82, 2.24) is 4.57 Å². The van der Waals surface area contributed by atoms with Crippen LogP contribution in [0.5, 0.6) is 11.5 Å². The second-order valence-electron chi connectivity index (χ2n) is 8.87. The summed E-state index contributed by atoms with van der Waals surface area (Å²) in [7, 11) is 1.26.